The highest BCUT2D eigenvalue weighted by molar-refractivity contribution is 8.02. The molecule has 4 rings (SSSR count). The number of aromatic nitrogens is 4. The Hall–Kier alpha value is -3.11. The number of hydrogen-bond acceptors (Lipinski definition) is 7. The summed E-state index contributed by atoms with van der Waals surface area (Å²) in [7, 11) is 0. The normalized spacial score (nSPS) is 12.1. The zero-order chi connectivity index (χ0) is 22.7. The topological polar surface area (TPSA) is 116 Å². The summed E-state index contributed by atoms with van der Waals surface area (Å²) in [5.41, 5.74) is 5.25. The first-order valence-corrected chi connectivity index (χ1v) is 12.1. The molecule has 0 saturated carbocycles. The van der Waals surface area contributed by atoms with Crippen LogP contribution in [0, 0.1) is 0 Å². The average Bonchev–Trinajstić information content (AvgIpc) is 3.38. The third-order valence-corrected chi connectivity index (χ3v) is 7.09. The van der Waals surface area contributed by atoms with E-state index in [2.05, 4.69) is 62.8 Å². The number of thioether (sulfide) groups is 1. The number of anilines is 3. The van der Waals surface area contributed by atoms with Gasteiger partial charge in [-0.3, -0.25) is 4.79 Å². The zero-order valence-corrected chi connectivity index (χ0v) is 19.6. The molecule has 1 amide bonds. The Bertz CT molecular complexity index is 1290. The molecule has 0 aliphatic heterocycles. The van der Waals surface area contributed by atoms with Gasteiger partial charge in [-0.25, -0.2) is 4.79 Å². The molecule has 2 aromatic heterocycles. The minimum absolute atomic E-state index is 0.151. The zero-order valence-electron chi connectivity index (χ0n) is 18.0. The summed E-state index contributed by atoms with van der Waals surface area (Å²) < 4.78 is 0.715. The van der Waals surface area contributed by atoms with E-state index < -0.39 is 0 Å². The van der Waals surface area contributed by atoms with Gasteiger partial charge in [-0.15, -0.1) is 10.2 Å². The number of H-pyrrole nitrogens is 2. The van der Waals surface area contributed by atoms with Crippen LogP contribution in [-0.2, 0) is 17.6 Å². The molecule has 0 aliphatic carbocycles. The van der Waals surface area contributed by atoms with Crippen molar-refractivity contribution in [2.75, 3.05) is 10.6 Å². The number of nitrogens with zero attached hydrogens (tertiary/aromatic N) is 2. The monoisotopic (exact) mass is 468 g/mol. The van der Waals surface area contributed by atoms with Crippen LogP contribution in [-0.4, -0.2) is 31.3 Å². The molecule has 1 atom stereocenters. The predicted molar refractivity (Wildman–Crippen MR) is 131 cm³/mol. The summed E-state index contributed by atoms with van der Waals surface area (Å²) in [6.45, 7) is 6.09. The first kappa shape index (κ1) is 22.1. The first-order valence-electron chi connectivity index (χ1n) is 10.4. The van der Waals surface area contributed by atoms with E-state index in [1.165, 1.54) is 34.2 Å². The number of benzene rings is 2. The van der Waals surface area contributed by atoms with Gasteiger partial charge in [0.25, 0.3) is 0 Å². The number of fused-ring (bicyclic) bond motifs is 1. The van der Waals surface area contributed by atoms with Gasteiger partial charge in [-0.05, 0) is 49.1 Å². The molecule has 4 aromatic rings. The van der Waals surface area contributed by atoms with Gasteiger partial charge in [0.15, 0.2) is 4.34 Å². The average molecular weight is 469 g/mol. The fourth-order valence-corrected chi connectivity index (χ4v) is 5.28. The van der Waals surface area contributed by atoms with Gasteiger partial charge >= 0.3 is 5.69 Å². The van der Waals surface area contributed by atoms with Gasteiger partial charge in [0.1, 0.15) is 0 Å². The van der Waals surface area contributed by atoms with E-state index in [-0.39, 0.29) is 16.8 Å². The molecule has 0 spiro atoms. The van der Waals surface area contributed by atoms with Gasteiger partial charge in [-0.2, -0.15) is 0 Å². The van der Waals surface area contributed by atoms with E-state index in [1.54, 1.807) is 18.2 Å². The molecule has 0 radical (unpaired) electrons. The molecule has 32 heavy (non-hydrogen) atoms. The SMILES string of the molecule is CCc1cccc(CC)c1Nc1nnc(SC(C)C(=O)Nc2ccc3[nH]c(=O)[nH]c3c2)s1. The lowest BCUT2D eigenvalue weighted by Gasteiger charge is -2.13. The highest BCUT2D eigenvalue weighted by Crippen LogP contribution is 2.33. The molecule has 0 fully saturated rings. The highest BCUT2D eigenvalue weighted by atomic mass is 32.2. The number of carbonyl (C=O) groups is 1. The second kappa shape index (κ2) is 9.58. The minimum atomic E-state index is -0.370. The van der Waals surface area contributed by atoms with E-state index in [0.29, 0.717) is 26.2 Å². The molecular formula is C22H24N6O2S2. The van der Waals surface area contributed by atoms with Crippen LogP contribution in [0.5, 0.6) is 0 Å². The van der Waals surface area contributed by atoms with Crippen molar-refractivity contribution in [3.8, 4) is 0 Å². The predicted octanol–water partition coefficient (Wildman–Crippen LogP) is 4.70. The third-order valence-electron chi connectivity index (χ3n) is 5.07. The lowest BCUT2D eigenvalue weighted by Crippen LogP contribution is -2.22. The van der Waals surface area contributed by atoms with Crippen LogP contribution >= 0.6 is 23.1 Å². The maximum Gasteiger partial charge on any atom is 0.323 e. The first-order chi connectivity index (χ1) is 15.5. The molecule has 4 N–H and O–H groups in total. The Morgan fingerprint density at radius 2 is 1.81 bits per heavy atom. The molecule has 8 nitrogen and oxygen atoms in total. The number of carbonyl (C=O) groups excluding carboxylic acids is 1. The van der Waals surface area contributed by atoms with Crippen molar-refractivity contribution < 1.29 is 4.79 Å². The van der Waals surface area contributed by atoms with E-state index in [9.17, 15) is 9.59 Å². The van der Waals surface area contributed by atoms with Crippen molar-refractivity contribution in [3.05, 3.63) is 58.0 Å². The second-order valence-electron chi connectivity index (χ2n) is 7.25. The number of para-hydroxylation sites is 1. The van der Waals surface area contributed by atoms with Gasteiger partial charge in [0.05, 0.1) is 16.3 Å². The quantitative estimate of drug-likeness (QED) is 0.279. The molecule has 166 valence electrons. The number of amides is 1. The smallest absolute Gasteiger partial charge is 0.323 e. The maximum absolute atomic E-state index is 12.7. The largest absolute Gasteiger partial charge is 0.330 e. The Balaban J connectivity index is 1.41. The Kier molecular flexibility index (Phi) is 6.61. The lowest BCUT2D eigenvalue weighted by atomic mass is 10.0. The summed E-state index contributed by atoms with van der Waals surface area (Å²) in [6.07, 6.45) is 1.85. The number of nitrogens with one attached hydrogen (secondary N) is 4. The van der Waals surface area contributed by atoms with Gasteiger partial charge in [0.2, 0.25) is 11.0 Å². The van der Waals surface area contributed by atoms with Crippen molar-refractivity contribution in [2.45, 2.75) is 43.2 Å². The minimum Gasteiger partial charge on any atom is -0.330 e. The number of hydrogen-bond donors (Lipinski definition) is 4. The summed E-state index contributed by atoms with van der Waals surface area (Å²) in [5, 5.41) is 15.1. The highest BCUT2D eigenvalue weighted by Gasteiger charge is 2.18. The summed E-state index contributed by atoms with van der Waals surface area (Å²) in [5.74, 6) is -0.151. The van der Waals surface area contributed by atoms with Gasteiger partial charge in [-0.1, -0.05) is 55.1 Å². The summed E-state index contributed by atoms with van der Waals surface area (Å²) in [4.78, 5) is 29.4. The van der Waals surface area contributed by atoms with Crippen LogP contribution in [0.4, 0.5) is 16.5 Å². The Labute approximate surface area is 193 Å². The van der Waals surface area contributed by atoms with Crippen LogP contribution in [0.25, 0.3) is 11.0 Å². The van der Waals surface area contributed by atoms with E-state index in [4.69, 9.17) is 0 Å². The molecule has 0 aliphatic rings. The number of rotatable bonds is 8. The van der Waals surface area contributed by atoms with Crippen molar-refractivity contribution in [3.63, 3.8) is 0 Å². The fourth-order valence-electron chi connectivity index (χ4n) is 3.38. The summed E-state index contributed by atoms with van der Waals surface area (Å²) in [6, 6.07) is 11.5. The van der Waals surface area contributed by atoms with Crippen molar-refractivity contribution in [1.29, 1.82) is 0 Å². The van der Waals surface area contributed by atoms with Crippen LogP contribution in [0.3, 0.4) is 0 Å². The second-order valence-corrected chi connectivity index (χ2v) is 9.81. The van der Waals surface area contributed by atoms with Crippen LogP contribution in [0.15, 0.2) is 45.5 Å². The molecule has 1 unspecified atom stereocenters. The fraction of sp³-hybridized carbons (Fsp3) is 0.273. The van der Waals surface area contributed by atoms with Crippen LogP contribution < -0.4 is 16.3 Å². The maximum atomic E-state index is 12.7. The van der Waals surface area contributed by atoms with Crippen molar-refractivity contribution >= 4 is 56.5 Å². The molecular weight excluding hydrogens is 444 g/mol. The van der Waals surface area contributed by atoms with E-state index >= 15 is 0 Å². The molecule has 10 heteroatoms. The Morgan fingerprint density at radius 1 is 1.09 bits per heavy atom. The summed E-state index contributed by atoms with van der Waals surface area (Å²) >= 11 is 2.79. The molecule has 0 bridgehead atoms. The number of imidazole rings is 1. The Morgan fingerprint density at radius 3 is 2.53 bits per heavy atom. The van der Waals surface area contributed by atoms with E-state index in [0.717, 1.165) is 18.5 Å². The molecule has 2 aromatic carbocycles. The number of aromatic amines is 2. The van der Waals surface area contributed by atoms with Crippen molar-refractivity contribution in [2.24, 2.45) is 0 Å². The van der Waals surface area contributed by atoms with E-state index in [1.807, 2.05) is 6.92 Å². The van der Waals surface area contributed by atoms with Gasteiger partial charge < -0.3 is 20.6 Å². The van der Waals surface area contributed by atoms with Gasteiger partial charge in [0, 0.05) is 11.4 Å². The van der Waals surface area contributed by atoms with Crippen LogP contribution in [0.1, 0.15) is 31.9 Å². The van der Waals surface area contributed by atoms with Crippen molar-refractivity contribution in [1.82, 2.24) is 20.2 Å². The third kappa shape index (κ3) is 4.86. The molecule has 2 heterocycles. The number of aryl methyl sites for hydroxylation is 2. The van der Waals surface area contributed by atoms with Crippen LogP contribution in [0.2, 0.25) is 0 Å². The lowest BCUT2D eigenvalue weighted by molar-refractivity contribution is -0.115. The molecule has 0 saturated heterocycles. The standard InChI is InChI=1S/C22H24N6O2S2/c1-4-13-7-6-8-14(5-2)18(13)26-21-27-28-22(32-21)31-12(3)19(29)23-15-9-10-16-17(11-15)25-20(30)24-16/h6-12H,4-5H2,1-3H3,(H,23,29)(H,26,27)(H2,24,25,30).